The standard InChI is InChI=1S/C17H17ClN2O/c1-13(15-4-3-7-20-11-15)8-14(10-19)12-21-17-6-2-5-16(18)9-17/h2-7,9,11,13-14H,8,12H2,1H3. The van der Waals surface area contributed by atoms with Crippen LogP contribution < -0.4 is 4.74 Å². The van der Waals surface area contributed by atoms with Gasteiger partial charge in [-0.3, -0.25) is 4.98 Å². The van der Waals surface area contributed by atoms with Crippen LogP contribution in [0.5, 0.6) is 5.75 Å². The molecule has 0 saturated carbocycles. The summed E-state index contributed by atoms with van der Waals surface area (Å²) >= 11 is 5.91. The molecule has 0 bridgehead atoms. The van der Waals surface area contributed by atoms with Crippen molar-refractivity contribution in [1.29, 1.82) is 5.26 Å². The van der Waals surface area contributed by atoms with E-state index in [0.29, 0.717) is 17.4 Å². The summed E-state index contributed by atoms with van der Waals surface area (Å²) in [5.41, 5.74) is 1.14. The van der Waals surface area contributed by atoms with E-state index in [1.165, 1.54) is 0 Å². The van der Waals surface area contributed by atoms with E-state index in [2.05, 4.69) is 18.0 Å². The fourth-order valence-electron chi connectivity index (χ4n) is 2.14. The average molecular weight is 301 g/mol. The lowest BCUT2D eigenvalue weighted by atomic mass is 9.92. The molecule has 21 heavy (non-hydrogen) atoms. The van der Waals surface area contributed by atoms with E-state index in [0.717, 1.165) is 12.0 Å². The van der Waals surface area contributed by atoms with Crippen molar-refractivity contribution in [1.82, 2.24) is 4.98 Å². The van der Waals surface area contributed by atoms with Gasteiger partial charge in [0.15, 0.2) is 0 Å². The number of halogens is 1. The molecule has 0 N–H and O–H groups in total. The van der Waals surface area contributed by atoms with E-state index in [9.17, 15) is 5.26 Å². The van der Waals surface area contributed by atoms with Crippen molar-refractivity contribution in [3.05, 3.63) is 59.4 Å². The number of hydrogen-bond donors (Lipinski definition) is 0. The number of rotatable bonds is 6. The third-order valence-electron chi connectivity index (χ3n) is 3.32. The lowest BCUT2D eigenvalue weighted by Crippen LogP contribution is -2.13. The van der Waals surface area contributed by atoms with Crippen LogP contribution in [0.2, 0.25) is 5.02 Å². The van der Waals surface area contributed by atoms with Crippen LogP contribution in [-0.2, 0) is 0 Å². The first kappa shape index (κ1) is 15.3. The van der Waals surface area contributed by atoms with Gasteiger partial charge in [0.2, 0.25) is 0 Å². The van der Waals surface area contributed by atoms with Crippen molar-refractivity contribution < 1.29 is 4.74 Å². The molecule has 0 radical (unpaired) electrons. The molecule has 0 spiro atoms. The number of ether oxygens (including phenoxy) is 1. The minimum atomic E-state index is -0.167. The molecular weight excluding hydrogens is 284 g/mol. The predicted octanol–water partition coefficient (Wildman–Crippen LogP) is 4.45. The number of nitriles is 1. The highest BCUT2D eigenvalue weighted by molar-refractivity contribution is 6.30. The van der Waals surface area contributed by atoms with Gasteiger partial charge in [0.25, 0.3) is 0 Å². The fraction of sp³-hybridized carbons (Fsp3) is 0.294. The second kappa shape index (κ2) is 7.66. The monoisotopic (exact) mass is 300 g/mol. The first-order valence-corrected chi connectivity index (χ1v) is 7.24. The van der Waals surface area contributed by atoms with Crippen molar-refractivity contribution in [2.24, 2.45) is 5.92 Å². The molecule has 0 aliphatic heterocycles. The summed E-state index contributed by atoms with van der Waals surface area (Å²) in [6.07, 6.45) is 4.33. The first-order valence-electron chi connectivity index (χ1n) is 6.87. The Hall–Kier alpha value is -2.05. The zero-order valence-electron chi connectivity index (χ0n) is 11.9. The van der Waals surface area contributed by atoms with E-state index in [1.807, 2.05) is 30.5 Å². The maximum atomic E-state index is 9.28. The number of hydrogen-bond acceptors (Lipinski definition) is 3. The van der Waals surface area contributed by atoms with Gasteiger partial charge in [-0.15, -0.1) is 0 Å². The van der Waals surface area contributed by atoms with Gasteiger partial charge < -0.3 is 4.74 Å². The van der Waals surface area contributed by atoms with E-state index < -0.39 is 0 Å². The molecule has 0 fully saturated rings. The Balaban J connectivity index is 1.90. The van der Waals surface area contributed by atoms with E-state index in [1.54, 1.807) is 18.3 Å². The van der Waals surface area contributed by atoms with Crippen LogP contribution >= 0.6 is 11.6 Å². The average Bonchev–Trinajstić information content (AvgIpc) is 2.52. The maximum Gasteiger partial charge on any atom is 0.120 e. The molecule has 2 atom stereocenters. The van der Waals surface area contributed by atoms with Crippen molar-refractivity contribution >= 4 is 11.6 Å². The maximum absolute atomic E-state index is 9.28. The molecule has 0 aliphatic rings. The van der Waals surface area contributed by atoms with Crippen molar-refractivity contribution in [2.45, 2.75) is 19.3 Å². The predicted molar refractivity (Wildman–Crippen MR) is 83.3 cm³/mol. The van der Waals surface area contributed by atoms with Crippen molar-refractivity contribution in [3.63, 3.8) is 0 Å². The molecule has 2 rings (SSSR count). The molecule has 108 valence electrons. The molecule has 3 nitrogen and oxygen atoms in total. The molecule has 1 heterocycles. The largest absolute Gasteiger partial charge is 0.492 e. The van der Waals surface area contributed by atoms with Crippen LogP contribution in [-0.4, -0.2) is 11.6 Å². The highest BCUT2D eigenvalue weighted by Gasteiger charge is 2.15. The van der Waals surface area contributed by atoms with E-state index in [4.69, 9.17) is 16.3 Å². The normalized spacial score (nSPS) is 13.2. The number of benzene rings is 1. The molecule has 0 amide bonds. The summed E-state index contributed by atoms with van der Waals surface area (Å²) in [5.74, 6) is 0.794. The zero-order valence-corrected chi connectivity index (χ0v) is 12.6. The summed E-state index contributed by atoms with van der Waals surface area (Å²) in [4.78, 5) is 4.11. The van der Waals surface area contributed by atoms with Crippen LogP contribution in [0.3, 0.4) is 0 Å². The van der Waals surface area contributed by atoms with Gasteiger partial charge in [-0.05, 0) is 42.2 Å². The van der Waals surface area contributed by atoms with Gasteiger partial charge >= 0.3 is 0 Å². The summed E-state index contributed by atoms with van der Waals surface area (Å²) in [5, 5.41) is 9.91. The molecule has 0 saturated heterocycles. The van der Waals surface area contributed by atoms with Gasteiger partial charge in [0.1, 0.15) is 12.4 Å². The van der Waals surface area contributed by atoms with Crippen LogP contribution in [0.25, 0.3) is 0 Å². The Morgan fingerprint density at radius 2 is 2.19 bits per heavy atom. The highest BCUT2D eigenvalue weighted by atomic mass is 35.5. The van der Waals surface area contributed by atoms with Gasteiger partial charge in [0, 0.05) is 17.4 Å². The Morgan fingerprint density at radius 1 is 1.33 bits per heavy atom. The number of pyridine rings is 1. The van der Waals surface area contributed by atoms with Crippen LogP contribution in [0.15, 0.2) is 48.8 Å². The minimum Gasteiger partial charge on any atom is -0.492 e. The summed E-state index contributed by atoms with van der Waals surface area (Å²) in [6, 6.07) is 13.5. The second-order valence-corrected chi connectivity index (χ2v) is 5.45. The smallest absolute Gasteiger partial charge is 0.120 e. The van der Waals surface area contributed by atoms with E-state index >= 15 is 0 Å². The third-order valence-corrected chi connectivity index (χ3v) is 3.56. The summed E-state index contributed by atoms with van der Waals surface area (Å²) in [6.45, 7) is 2.46. The summed E-state index contributed by atoms with van der Waals surface area (Å²) < 4.78 is 5.65. The number of aromatic nitrogens is 1. The molecule has 4 heteroatoms. The van der Waals surface area contributed by atoms with Crippen LogP contribution in [0.4, 0.5) is 0 Å². The van der Waals surface area contributed by atoms with Gasteiger partial charge in [-0.1, -0.05) is 30.7 Å². The molecular formula is C17H17ClN2O. The van der Waals surface area contributed by atoms with Gasteiger partial charge in [0.05, 0.1) is 12.0 Å². The number of nitrogens with zero attached hydrogens (tertiary/aromatic N) is 2. The SMILES string of the molecule is CC(CC(C#N)COc1cccc(Cl)c1)c1cccnc1. The molecule has 1 aromatic heterocycles. The fourth-order valence-corrected chi connectivity index (χ4v) is 2.32. The topological polar surface area (TPSA) is 45.9 Å². The summed E-state index contributed by atoms with van der Waals surface area (Å²) in [7, 11) is 0. The molecule has 0 aliphatic carbocycles. The van der Waals surface area contributed by atoms with Crippen LogP contribution in [0.1, 0.15) is 24.8 Å². The third kappa shape index (κ3) is 4.77. The Bertz CT molecular complexity index is 610. The Kier molecular flexibility index (Phi) is 5.59. The van der Waals surface area contributed by atoms with Crippen molar-refractivity contribution in [2.75, 3.05) is 6.61 Å². The Morgan fingerprint density at radius 3 is 2.86 bits per heavy atom. The first-order chi connectivity index (χ1) is 10.2. The second-order valence-electron chi connectivity index (χ2n) is 5.02. The van der Waals surface area contributed by atoms with Gasteiger partial charge in [-0.25, -0.2) is 0 Å². The molecule has 2 aromatic rings. The quantitative estimate of drug-likeness (QED) is 0.792. The minimum absolute atomic E-state index is 0.167. The zero-order chi connectivity index (χ0) is 15.1. The highest BCUT2D eigenvalue weighted by Crippen LogP contribution is 2.24. The van der Waals surface area contributed by atoms with Crippen molar-refractivity contribution in [3.8, 4) is 11.8 Å². The van der Waals surface area contributed by atoms with Crippen LogP contribution in [0, 0.1) is 17.2 Å². The lowest BCUT2D eigenvalue weighted by Gasteiger charge is -2.16. The van der Waals surface area contributed by atoms with Gasteiger partial charge in [-0.2, -0.15) is 5.26 Å². The van der Waals surface area contributed by atoms with E-state index in [-0.39, 0.29) is 11.8 Å². The lowest BCUT2D eigenvalue weighted by molar-refractivity contribution is 0.266. The molecule has 1 aromatic carbocycles. The Labute approximate surface area is 130 Å². The molecule has 2 unspecified atom stereocenters.